The molecule has 0 aliphatic heterocycles. The van der Waals surface area contributed by atoms with E-state index in [1.165, 1.54) is 5.39 Å². The Balaban J connectivity index is 1.48. The lowest BCUT2D eigenvalue weighted by molar-refractivity contribution is -0.117. The number of pyridine rings is 1. The van der Waals surface area contributed by atoms with E-state index in [-0.39, 0.29) is 5.91 Å². The number of para-hydroxylation sites is 1. The van der Waals surface area contributed by atoms with Gasteiger partial charge in [-0.2, -0.15) is 0 Å². The Morgan fingerprint density at radius 3 is 2.96 bits per heavy atom. The van der Waals surface area contributed by atoms with E-state index >= 15 is 0 Å². The van der Waals surface area contributed by atoms with Crippen molar-refractivity contribution in [1.82, 2.24) is 24.8 Å². The fraction of sp³-hybridized carbons (Fsp3) is 0.150. The van der Waals surface area contributed by atoms with Gasteiger partial charge >= 0.3 is 0 Å². The zero-order chi connectivity index (χ0) is 18.1. The minimum absolute atomic E-state index is 0.0996. The number of hydrogen-bond acceptors (Lipinski definition) is 3. The van der Waals surface area contributed by atoms with Gasteiger partial charge in [0.2, 0.25) is 5.91 Å². The van der Waals surface area contributed by atoms with Gasteiger partial charge in [-0.05, 0) is 42.1 Å². The van der Waals surface area contributed by atoms with Crippen LogP contribution in [-0.4, -0.2) is 25.4 Å². The summed E-state index contributed by atoms with van der Waals surface area (Å²) < 4.78 is 2.10. The highest BCUT2D eigenvalue weighted by atomic mass is 16.1. The van der Waals surface area contributed by atoms with Gasteiger partial charge in [-0.25, -0.2) is 9.97 Å². The maximum atomic E-state index is 12.4. The van der Waals surface area contributed by atoms with Crippen molar-refractivity contribution in [3.05, 3.63) is 65.8 Å². The van der Waals surface area contributed by atoms with Crippen LogP contribution in [0.4, 0.5) is 0 Å². The average Bonchev–Trinajstić information content (AvgIpc) is 3.24. The summed E-state index contributed by atoms with van der Waals surface area (Å²) in [6, 6.07) is 12.2. The summed E-state index contributed by atoms with van der Waals surface area (Å²) in [5.74, 6) is -0.0996. The van der Waals surface area contributed by atoms with Crippen LogP contribution in [0.2, 0.25) is 0 Å². The lowest BCUT2D eigenvalue weighted by atomic mass is 10.1. The van der Waals surface area contributed by atoms with Crippen molar-refractivity contribution in [2.75, 3.05) is 0 Å². The summed E-state index contributed by atoms with van der Waals surface area (Å²) in [5.41, 5.74) is 5.21. The molecule has 0 fully saturated rings. The summed E-state index contributed by atoms with van der Waals surface area (Å²) in [7, 11) is 2.01. The molecule has 6 heteroatoms. The smallest absolute Gasteiger partial charge is 0.247 e. The molecule has 4 rings (SSSR count). The van der Waals surface area contributed by atoms with Gasteiger partial charge < -0.3 is 14.9 Å². The maximum Gasteiger partial charge on any atom is 0.247 e. The highest BCUT2D eigenvalue weighted by molar-refractivity contribution is 5.97. The van der Waals surface area contributed by atoms with Crippen LogP contribution in [0.15, 0.2) is 54.5 Å². The molecule has 26 heavy (non-hydrogen) atoms. The first-order valence-electron chi connectivity index (χ1n) is 8.41. The number of fused-ring (bicyclic) bond motifs is 2. The van der Waals surface area contributed by atoms with Gasteiger partial charge in [-0.15, -0.1) is 0 Å². The predicted octanol–water partition coefficient (Wildman–Crippen LogP) is 3.17. The number of hydrogen-bond donors (Lipinski definition) is 2. The van der Waals surface area contributed by atoms with Gasteiger partial charge in [0, 0.05) is 30.0 Å². The molecule has 3 heterocycles. The number of nitrogens with zero attached hydrogens (tertiary/aromatic N) is 3. The van der Waals surface area contributed by atoms with Crippen molar-refractivity contribution in [1.29, 1.82) is 0 Å². The molecule has 0 spiro atoms. The second-order valence-electron chi connectivity index (χ2n) is 6.30. The molecular weight excluding hydrogens is 326 g/mol. The van der Waals surface area contributed by atoms with E-state index in [0.29, 0.717) is 12.1 Å². The number of rotatable bonds is 4. The minimum Gasteiger partial charge on any atom is -0.347 e. The lowest BCUT2D eigenvalue weighted by Crippen LogP contribution is -2.24. The number of carbonyl (C=O) groups excluding carboxylic acids is 1. The van der Waals surface area contributed by atoms with Gasteiger partial charge in [0.15, 0.2) is 5.65 Å². The number of benzene rings is 1. The Bertz CT molecular complexity index is 1140. The molecule has 1 amide bonds. The van der Waals surface area contributed by atoms with Crippen LogP contribution < -0.4 is 5.32 Å². The quantitative estimate of drug-likeness (QED) is 0.558. The van der Waals surface area contributed by atoms with E-state index in [0.717, 1.165) is 27.9 Å². The Kier molecular flexibility index (Phi) is 4.01. The van der Waals surface area contributed by atoms with Crippen molar-refractivity contribution in [2.24, 2.45) is 7.05 Å². The highest BCUT2D eigenvalue weighted by Crippen LogP contribution is 2.18. The third kappa shape index (κ3) is 2.97. The van der Waals surface area contributed by atoms with Gasteiger partial charge in [0.1, 0.15) is 5.52 Å². The number of carbonyl (C=O) groups is 1. The third-order valence-electron chi connectivity index (χ3n) is 4.52. The van der Waals surface area contributed by atoms with Gasteiger partial charge in [0.05, 0.1) is 12.9 Å². The second-order valence-corrected chi connectivity index (χ2v) is 6.30. The molecule has 0 bridgehead atoms. The van der Waals surface area contributed by atoms with Gasteiger partial charge in [0.25, 0.3) is 0 Å². The van der Waals surface area contributed by atoms with Crippen molar-refractivity contribution >= 4 is 34.1 Å². The first-order chi connectivity index (χ1) is 12.6. The van der Waals surface area contributed by atoms with Crippen molar-refractivity contribution in [3.8, 4) is 0 Å². The van der Waals surface area contributed by atoms with Gasteiger partial charge in [-0.1, -0.05) is 18.2 Å². The number of aryl methyl sites for hydroxylation is 1. The third-order valence-corrected chi connectivity index (χ3v) is 4.52. The molecule has 0 unspecified atom stereocenters. The van der Waals surface area contributed by atoms with Crippen molar-refractivity contribution in [3.63, 3.8) is 0 Å². The van der Waals surface area contributed by atoms with E-state index in [4.69, 9.17) is 0 Å². The topological polar surface area (TPSA) is 75.6 Å². The number of nitrogens with one attached hydrogen (secondary N) is 2. The Morgan fingerprint density at radius 2 is 2.12 bits per heavy atom. The maximum absolute atomic E-state index is 12.4. The molecule has 0 atom stereocenters. The fourth-order valence-corrected chi connectivity index (χ4v) is 3.06. The van der Waals surface area contributed by atoms with Crippen LogP contribution in [0.25, 0.3) is 28.1 Å². The molecule has 3 aromatic heterocycles. The lowest BCUT2D eigenvalue weighted by Gasteiger charge is -2.07. The molecule has 6 nitrogen and oxygen atoms in total. The van der Waals surface area contributed by atoms with E-state index in [1.807, 2.05) is 31.3 Å². The number of amides is 1. The zero-order valence-electron chi connectivity index (χ0n) is 14.7. The molecule has 4 aromatic rings. The van der Waals surface area contributed by atoms with E-state index < -0.39 is 0 Å². The van der Waals surface area contributed by atoms with Crippen LogP contribution in [0, 0.1) is 0 Å². The van der Waals surface area contributed by atoms with Crippen molar-refractivity contribution < 1.29 is 4.79 Å². The standard InChI is InChI=1S/C20H19N5O/c1-13(7-14-8-17-19(21-10-14)24-12-23-17)20(26)22-11-16-9-15-5-3-4-6-18(15)25(16)2/h3-10,12H,11H2,1-2H3,(H,22,26)(H,21,23,24). The van der Waals surface area contributed by atoms with Crippen LogP contribution in [0.5, 0.6) is 0 Å². The SMILES string of the molecule is CC(=Cc1cnc2[nH]cnc2c1)C(=O)NCc1cc2ccccc2n1C. The molecule has 0 saturated heterocycles. The van der Waals surface area contributed by atoms with Crippen molar-refractivity contribution in [2.45, 2.75) is 13.5 Å². The number of aromatic nitrogens is 4. The molecule has 2 N–H and O–H groups in total. The Labute approximate surface area is 150 Å². The summed E-state index contributed by atoms with van der Waals surface area (Å²) in [5, 5.41) is 4.15. The summed E-state index contributed by atoms with van der Waals surface area (Å²) in [6.45, 7) is 2.28. The molecule has 1 aromatic carbocycles. The van der Waals surface area contributed by atoms with E-state index in [9.17, 15) is 4.79 Å². The monoisotopic (exact) mass is 345 g/mol. The normalized spacial score (nSPS) is 12.0. The van der Waals surface area contributed by atoms with Crippen LogP contribution >= 0.6 is 0 Å². The summed E-state index contributed by atoms with van der Waals surface area (Å²) in [4.78, 5) is 23.9. The zero-order valence-corrected chi connectivity index (χ0v) is 14.7. The molecule has 0 aliphatic carbocycles. The first-order valence-corrected chi connectivity index (χ1v) is 8.41. The summed E-state index contributed by atoms with van der Waals surface area (Å²) >= 11 is 0. The largest absolute Gasteiger partial charge is 0.347 e. The highest BCUT2D eigenvalue weighted by Gasteiger charge is 2.09. The van der Waals surface area contributed by atoms with Gasteiger partial charge in [-0.3, -0.25) is 4.79 Å². The van der Waals surface area contributed by atoms with Crippen LogP contribution in [0.1, 0.15) is 18.2 Å². The molecule has 0 radical (unpaired) electrons. The summed E-state index contributed by atoms with van der Waals surface area (Å²) in [6.07, 6.45) is 5.15. The second kappa shape index (κ2) is 6.48. The number of aromatic amines is 1. The molecule has 130 valence electrons. The molecule has 0 aliphatic rings. The first kappa shape index (κ1) is 16.1. The molecular formula is C20H19N5O. The van der Waals surface area contributed by atoms with Crippen LogP contribution in [-0.2, 0) is 18.4 Å². The Hall–Kier alpha value is -3.41. The Morgan fingerprint density at radius 1 is 1.27 bits per heavy atom. The number of imidazole rings is 1. The van der Waals surface area contributed by atoms with E-state index in [2.05, 4.69) is 43.0 Å². The van der Waals surface area contributed by atoms with Crippen LogP contribution in [0.3, 0.4) is 0 Å². The predicted molar refractivity (Wildman–Crippen MR) is 102 cm³/mol. The number of H-pyrrole nitrogens is 1. The minimum atomic E-state index is -0.0996. The fourth-order valence-electron chi connectivity index (χ4n) is 3.06. The van der Waals surface area contributed by atoms with E-state index in [1.54, 1.807) is 19.4 Å². The molecule has 0 saturated carbocycles. The average molecular weight is 345 g/mol.